The van der Waals surface area contributed by atoms with Crippen LogP contribution in [0.3, 0.4) is 0 Å². The van der Waals surface area contributed by atoms with Gasteiger partial charge in [0.15, 0.2) is 6.61 Å². The maximum absolute atomic E-state index is 12.3. The van der Waals surface area contributed by atoms with E-state index in [1.54, 1.807) is 30.3 Å². The summed E-state index contributed by atoms with van der Waals surface area (Å²) in [6, 6.07) is 9.49. The van der Waals surface area contributed by atoms with E-state index >= 15 is 0 Å². The second-order valence-corrected chi connectivity index (χ2v) is 8.89. The highest BCUT2D eigenvalue weighted by molar-refractivity contribution is 7.93. The first-order valence-corrected chi connectivity index (χ1v) is 10.7. The summed E-state index contributed by atoms with van der Waals surface area (Å²) >= 11 is 11.8. The summed E-state index contributed by atoms with van der Waals surface area (Å²) in [5.41, 5.74) is 0.813. The maximum Gasteiger partial charge on any atom is 0.262 e. The van der Waals surface area contributed by atoms with Crippen molar-refractivity contribution in [3.8, 4) is 11.5 Å². The van der Waals surface area contributed by atoms with Gasteiger partial charge in [-0.25, -0.2) is 8.42 Å². The van der Waals surface area contributed by atoms with Gasteiger partial charge in [0.2, 0.25) is 10.0 Å². The fourth-order valence-corrected chi connectivity index (χ4v) is 4.82. The molecule has 0 bridgehead atoms. The van der Waals surface area contributed by atoms with Gasteiger partial charge >= 0.3 is 0 Å². The summed E-state index contributed by atoms with van der Waals surface area (Å²) in [6.07, 6.45) is 0.561. The molecule has 1 saturated heterocycles. The number of anilines is 2. The number of nitrogens with one attached hydrogen (secondary N) is 1. The van der Waals surface area contributed by atoms with Gasteiger partial charge in [-0.1, -0.05) is 23.2 Å². The van der Waals surface area contributed by atoms with Crippen LogP contribution in [0.2, 0.25) is 10.0 Å². The van der Waals surface area contributed by atoms with Gasteiger partial charge in [0.05, 0.1) is 29.3 Å². The summed E-state index contributed by atoms with van der Waals surface area (Å²) in [5, 5.41) is 3.42. The van der Waals surface area contributed by atoms with Crippen molar-refractivity contribution in [2.24, 2.45) is 0 Å². The Hall–Kier alpha value is -2.16. The summed E-state index contributed by atoms with van der Waals surface area (Å²) < 4.78 is 36.3. The van der Waals surface area contributed by atoms with Crippen LogP contribution in [0, 0.1) is 0 Å². The number of benzene rings is 2. The first kappa shape index (κ1) is 20.6. The summed E-state index contributed by atoms with van der Waals surface area (Å²) in [6.45, 7) is 0.108. The third kappa shape index (κ3) is 4.63. The lowest BCUT2D eigenvalue weighted by atomic mass is 10.2. The molecule has 10 heteroatoms. The number of carbonyl (C=O) groups is 1. The van der Waals surface area contributed by atoms with E-state index in [9.17, 15) is 13.2 Å². The molecule has 150 valence electrons. The molecule has 0 radical (unpaired) electrons. The molecule has 1 fully saturated rings. The van der Waals surface area contributed by atoms with Crippen LogP contribution in [0.5, 0.6) is 11.5 Å². The van der Waals surface area contributed by atoms with E-state index in [2.05, 4.69) is 5.32 Å². The molecule has 1 N–H and O–H groups in total. The normalized spacial score (nSPS) is 15.3. The molecule has 1 aliphatic heterocycles. The Labute approximate surface area is 173 Å². The second kappa shape index (κ2) is 8.46. The molecule has 0 spiro atoms. The molecule has 1 amide bonds. The van der Waals surface area contributed by atoms with Crippen LogP contribution in [-0.2, 0) is 14.8 Å². The largest absolute Gasteiger partial charge is 0.495 e. The Balaban J connectivity index is 1.73. The van der Waals surface area contributed by atoms with Gasteiger partial charge in [-0.3, -0.25) is 9.10 Å². The van der Waals surface area contributed by atoms with E-state index in [0.29, 0.717) is 45.9 Å². The van der Waals surface area contributed by atoms with Crippen molar-refractivity contribution >= 4 is 50.5 Å². The smallest absolute Gasteiger partial charge is 0.262 e. The van der Waals surface area contributed by atoms with Crippen molar-refractivity contribution < 1.29 is 22.7 Å². The number of halogens is 2. The molecule has 3 rings (SSSR count). The highest BCUT2D eigenvalue weighted by atomic mass is 35.5. The van der Waals surface area contributed by atoms with E-state index in [0.717, 1.165) is 0 Å². The van der Waals surface area contributed by atoms with Gasteiger partial charge in [-0.05, 0) is 42.8 Å². The molecular weight excluding hydrogens is 427 g/mol. The Kier molecular flexibility index (Phi) is 6.22. The van der Waals surface area contributed by atoms with Crippen molar-refractivity contribution in [2.45, 2.75) is 6.42 Å². The van der Waals surface area contributed by atoms with E-state index in [1.165, 1.54) is 17.5 Å². The average molecular weight is 445 g/mol. The quantitative estimate of drug-likeness (QED) is 0.735. The predicted octanol–water partition coefficient (Wildman–Crippen LogP) is 3.56. The maximum atomic E-state index is 12.3. The Bertz CT molecular complexity index is 997. The number of nitrogens with zero attached hydrogens (tertiary/aromatic N) is 1. The number of hydrogen-bond donors (Lipinski definition) is 1. The van der Waals surface area contributed by atoms with Gasteiger partial charge in [-0.15, -0.1) is 0 Å². The highest BCUT2D eigenvalue weighted by Gasteiger charge is 2.29. The van der Waals surface area contributed by atoms with Crippen molar-refractivity contribution in [1.29, 1.82) is 0 Å². The van der Waals surface area contributed by atoms with Crippen molar-refractivity contribution in [3.63, 3.8) is 0 Å². The third-order valence-corrected chi connectivity index (χ3v) is 6.50. The van der Waals surface area contributed by atoms with Crippen LogP contribution < -0.4 is 19.1 Å². The molecule has 1 aliphatic rings. The van der Waals surface area contributed by atoms with Gasteiger partial charge in [-0.2, -0.15) is 0 Å². The van der Waals surface area contributed by atoms with Crippen molar-refractivity contribution in [3.05, 3.63) is 46.4 Å². The molecule has 1 heterocycles. The van der Waals surface area contributed by atoms with Crippen molar-refractivity contribution in [2.75, 3.05) is 35.6 Å². The molecule has 0 atom stereocenters. The molecule has 0 aromatic heterocycles. The molecule has 28 heavy (non-hydrogen) atoms. The summed E-state index contributed by atoms with van der Waals surface area (Å²) in [5.74, 6) is 0.380. The lowest BCUT2D eigenvalue weighted by Crippen LogP contribution is -2.25. The zero-order valence-electron chi connectivity index (χ0n) is 14.9. The lowest BCUT2D eigenvalue weighted by molar-refractivity contribution is -0.118. The SMILES string of the molecule is COc1ccc(N2CCCS2(=O)=O)cc1NC(=O)COc1ccc(Cl)cc1Cl. The zero-order chi connectivity index (χ0) is 20.3. The Morgan fingerprint density at radius 3 is 2.57 bits per heavy atom. The topological polar surface area (TPSA) is 84.9 Å². The number of sulfonamides is 1. The van der Waals surface area contributed by atoms with Gasteiger partial charge in [0.25, 0.3) is 5.91 Å². The number of carbonyl (C=O) groups excluding carboxylic acids is 1. The minimum Gasteiger partial charge on any atom is -0.495 e. The van der Waals surface area contributed by atoms with Crippen molar-refractivity contribution in [1.82, 2.24) is 0 Å². The van der Waals surface area contributed by atoms with E-state index in [1.807, 2.05) is 0 Å². The van der Waals surface area contributed by atoms with Crippen LogP contribution in [0.15, 0.2) is 36.4 Å². The highest BCUT2D eigenvalue weighted by Crippen LogP contribution is 2.33. The molecule has 0 aliphatic carbocycles. The zero-order valence-corrected chi connectivity index (χ0v) is 17.3. The molecule has 0 unspecified atom stereocenters. The fraction of sp³-hybridized carbons (Fsp3) is 0.278. The van der Waals surface area contributed by atoms with Crippen LogP contribution in [-0.4, -0.2) is 40.3 Å². The molecular formula is C18H18Cl2N2O5S. The predicted molar refractivity (Wildman–Crippen MR) is 109 cm³/mol. The molecule has 2 aromatic rings. The van der Waals surface area contributed by atoms with Crippen LogP contribution in [0.4, 0.5) is 11.4 Å². The van der Waals surface area contributed by atoms with Gasteiger partial charge in [0, 0.05) is 11.6 Å². The van der Waals surface area contributed by atoms with Crippen LogP contribution in [0.25, 0.3) is 0 Å². The monoisotopic (exact) mass is 444 g/mol. The number of rotatable bonds is 6. The fourth-order valence-electron chi connectivity index (χ4n) is 2.80. The summed E-state index contributed by atoms with van der Waals surface area (Å²) in [7, 11) is -1.87. The summed E-state index contributed by atoms with van der Waals surface area (Å²) in [4.78, 5) is 12.3. The number of hydrogen-bond acceptors (Lipinski definition) is 5. The van der Waals surface area contributed by atoms with Crippen LogP contribution >= 0.6 is 23.2 Å². The first-order valence-electron chi connectivity index (χ1n) is 8.36. The Morgan fingerprint density at radius 1 is 1.18 bits per heavy atom. The first-order chi connectivity index (χ1) is 13.3. The number of amides is 1. The van der Waals surface area contributed by atoms with Crippen LogP contribution in [0.1, 0.15) is 6.42 Å². The molecule has 0 saturated carbocycles. The molecule has 7 nitrogen and oxygen atoms in total. The van der Waals surface area contributed by atoms with E-state index in [4.69, 9.17) is 32.7 Å². The average Bonchev–Trinajstić information content (AvgIpc) is 3.00. The van der Waals surface area contributed by atoms with Gasteiger partial charge in [0.1, 0.15) is 11.5 Å². The van der Waals surface area contributed by atoms with Gasteiger partial charge < -0.3 is 14.8 Å². The number of ether oxygens (including phenoxy) is 2. The molecule has 2 aromatic carbocycles. The standard InChI is InChI=1S/C18H18Cl2N2O5S/c1-26-17-6-4-13(22-7-2-8-28(22,24)25)10-15(17)21-18(23)11-27-16-5-3-12(19)9-14(16)20/h3-6,9-10H,2,7-8,11H2,1H3,(H,21,23). The minimum absolute atomic E-state index is 0.108. The minimum atomic E-state index is -3.33. The van der Waals surface area contributed by atoms with E-state index in [-0.39, 0.29) is 12.4 Å². The second-order valence-electron chi connectivity index (χ2n) is 6.04. The third-order valence-electron chi connectivity index (χ3n) is 4.10. The Morgan fingerprint density at radius 2 is 1.93 bits per heavy atom. The lowest BCUT2D eigenvalue weighted by Gasteiger charge is -2.19. The van der Waals surface area contributed by atoms with E-state index < -0.39 is 15.9 Å². The number of methoxy groups -OCH3 is 1.